The molecule has 0 aromatic heterocycles. The first-order valence-electron chi connectivity index (χ1n) is 27.0. The Morgan fingerprint density at radius 1 is 0.415 bits per heavy atom. The number of allylic oxidation sites excluding steroid dienone is 4. The topological polar surface area (TPSA) is 110 Å². The molecule has 0 radical (unpaired) electrons. The third-order valence-electron chi connectivity index (χ3n) is 12.5. The van der Waals surface area contributed by atoms with Crippen LogP contribution in [0, 0.1) is 0 Å². The van der Waals surface area contributed by atoms with Gasteiger partial charge in [0.25, 0.3) is 0 Å². The summed E-state index contributed by atoms with van der Waals surface area (Å²) in [5, 5.41) is 0. The summed E-state index contributed by atoms with van der Waals surface area (Å²) in [6.07, 6.45) is 59.5. The number of hydrogen-bond donors (Lipinski definition) is 0. The van der Waals surface area contributed by atoms with Gasteiger partial charge in [-0.05, 0) is 82.4 Å². The van der Waals surface area contributed by atoms with Crippen LogP contribution < -0.4 is 29.6 Å². The molecule has 1 aromatic carbocycles. The fourth-order valence-corrected chi connectivity index (χ4v) is 8.83. The van der Waals surface area contributed by atoms with Gasteiger partial charge in [-0.1, -0.05) is 231 Å². The predicted molar refractivity (Wildman–Crippen MR) is 269 cm³/mol. The summed E-state index contributed by atoms with van der Waals surface area (Å²) in [5.74, 6) is -1.55. The van der Waals surface area contributed by atoms with Gasteiger partial charge in [0.15, 0.2) is 0 Å². The maximum atomic E-state index is 13.0. The molecule has 0 saturated heterocycles. The molecule has 0 aliphatic carbocycles. The van der Waals surface area contributed by atoms with Crippen LogP contribution in [0.5, 0.6) is 0 Å². The van der Waals surface area contributed by atoms with E-state index in [4.69, 9.17) is 9.47 Å². The molecule has 0 amide bonds. The number of carbonyl (C=O) groups excluding carboxylic acids is 2. The molecule has 0 aliphatic heterocycles. The molecule has 370 valence electrons. The molecule has 0 fully saturated rings. The summed E-state index contributed by atoms with van der Waals surface area (Å²) in [6, 6.07) is 3.15. The first-order chi connectivity index (χ1) is 31.3. The van der Waals surface area contributed by atoms with Gasteiger partial charge in [-0.3, -0.25) is 0 Å². The third kappa shape index (κ3) is 40.2. The van der Waals surface area contributed by atoms with Crippen LogP contribution in [0.15, 0.2) is 47.4 Å². The van der Waals surface area contributed by atoms with Gasteiger partial charge in [0.05, 0.1) is 29.2 Å². The van der Waals surface area contributed by atoms with Crippen molar-refractivity contribution >= 4 is 22.1 Å². The average molecular weight is 937 g/mol. The molecule has 0 bridgehead atoms. The van der Waals surface area contributed by atoms with Crippen LogP contribution in [0.2, 0.25) is 0 Å². The zero-order valence-electron chi connectivity index (χ0n) is 42.5. The molecule has 7 nitrogen and oxygen atoms in total. The van der Waals surface area contributed by atoms with Gasteiger partial charge in [0.2, 0.25) is 0 Å². The number of unbranched alkanes of at least 4 members (excludes halogenated alkanes) is 36. The van der Waals surface area contributed by atoms with E-state index in [1.54, 1.807) is 0 Å². The number of benzene rings is 1. The van der Waals surface area contributed by atoms with Crippen LogP contribution in [-0.2, 0) is 19.6 Å². The average Bonchev–Trinajstić information content (AvgIpc) is 3.28. The van der Waals surface area contributed by atoms with E-state index < -0.39 is 27.0 Å². The van der Waals surface area contributed by atoms with Gasteiger partial charge < -0.3 is 14.0 Å². The molecule has 65 heavy (non-hydrogen) atoms. The Hall–Kier alpha value is -1.45. The molecule has 0 unspecified atom stereocenters. The molecule has 0 saturated carbocycles. The van der Waals surface area contributed by atoms with Crippen LogP contribution in [0.3, 0.4) is 0 Å². The summed E-state index contributed by atoms with van der Waals surface area (Å²) < 4.78 is 46.0. The Bertz CT molecular complexity index is 1410. The van der Waals surface area contributed by atoms with E-state index in [-0.39, 0.29) is 53.9 Å². The van der Waals surface area contributed by atoms with Crippen molar-refractivity contribution in [3.05, 3.63) is 53.6 Å². The van der Waals surface area contributed by atoms with Crippen molar-refractivity contribution in [2.24, 2.45) is 0 Å². The predicted octanol–water partition coefficient (Wildman–Crippen LogP) is 14.7. The van der Waals surface area contributed by atoms with E-state index in [9.17, 15) is 22.6 Å². The molecule has 1 rings (SSSR count). The standard InChI is InChI=1S/C56H98O7S.Na/c1-3-5-7-9-11-13-15-17-19-21-23-25-27-29-31-33-35-37-39-41-43-45-49-62-55(57)53-48-47-52(64(59,60)61)51-54(53)56(58)63-50-46-44-42-40-38-36-34-32-30-28-26-24-22-20-18-16-14-12-10-8-6-4-2;/h29-32,47-48,51H,3-28,33-46,49-50H2,1-2H3,(H,59,60,61);/q;+1/p-1/b31-29+,32-30+;. The van der Waals surface area contributed by atoms with Gasteiger partial charge in [-0.2, -0.15) is 0 Å². The van der Waals surface area contributed by atoms with Gasteiger partial charge >= 0.3 is 41.5 Å². The fraction of sp³-hybridized carbons (Fsp3) is 0.786. The minimum absolute atomic E-state index is 0. The van der Waals surface area contributed by atoms with E-state index in [1.165, 1.54) is 199 Å². The van der Waals surface area contributed by atoms with Crippen molar-refractivity contribution in [3.63, 3.8) is 0 Å². The molecular formula is C56H97NaO7S. The number of esters is 2. The number of ether oxygens (including phenoxy) is 2. The first kappa shape index (κ1) is 63.5. The van der Waals surface area contributed by atoms with Crippen molar-refractivity contribution in [1.82, 2.24) is 0 Å². The Labute approximate surface area is 423 Å². The van der Waals surface area contributed by atoms with Crippen LogP contribution >= 0.6 is 0 Å². The molecule has 0 heterocycles. The molecule has 0 N–H and O–H groups in total. The molecule has 0 spiro atoms. The zero-order chi connectivity index (χ0) is 46.4. The van der Waals surface area contributed by atoms with E-state index in [0.29, 0.717) is 12.8 Å². The summed E-state index contributed by atoms with van der Waals surface area (Å²) >= 11 is 0. The van der Waals surface area contributed by atoms with Gasteiger partial charge in [0, 0.05) is 0 Å². The quantitative estimate of drug-likeness (QED) is 0.0210. The molecular weight excluding hydrogens is 840 g/mol. The second-order valence-corrected chi connectivity index (χ2v) is 19.9. The molecule has 1 aromatic rings. The van der Waals surface area contributed by atoms with E-state index in [0.717, 1.165) is 63.5 Å². The number of carbonyl (C=O) groups is 2. The SMILES string of the molecule is CCCCCCCCCCCCCC/C=C/CCCCCCCCOC(=O)c1ccc(S(=O)(=O)[O-])cc1C(=O)OCCCCCCCC/C=C/CCCCCCCCCCCCCC.[Na+]. The fourth-order valence-electron chi connectivity index (χ4n) is 8.33. The van der Waals surface area contributed by atoms with Crippen LogP contribution in [0.4, 0.5) is 0 Å². The Morgan fingerprint density at radius 3 is 0.969 bits per heavy atom. The van der Waals surface area contributed by atoms with E-state index in [1.807, 2.05) is 0 Å². The number of hydrogen-bond acceptors (Lipinski definition) is 7. The monoisotopic (exact) mass is 937 g/mol. The van der Waals surface area contributed by atoms with Gasteiger partial charge in [-0.25, -0.2) is 18.0 Å². The smallest absolute Gasteiger partial charge is 0.744 e. The Morgan fingerprint density at radius 2 is 0.677 bits per heavy atom. The normalized spacial score (nSPS) is 11.7. The first-order valence-corrected chi connectivity index (χ1v) is 28.5. The maximum Gasteiger partial charge on any atom is 1.00 e. The van der Waals surface area contributed by atoms with Crippen LogP contribution in [-0.4, -0.2) is 38.1 Å². The summed E-state index contributed by atoms with van der Waals surface area (Å²) in [6.45, 7) is 4.91. The maximum absolute atomic E-state index is 13.0. The Balaban J connectivity index is 0.0000410. The van der Waals surface area contributed by atoms with Crippen LogP contribution in [0.25, 0.3) is 0 Å². The molecule has 0 atom stereocenters. The second-order valence-electron chi connectivity index (χ2n) is 18.6. The van der Waals surface area contributed by atoms with E-state index in [2.05, 4.69) is 38.2 Å². The van der Waals surface area contributed by atoms with Crippen LogP contribution in [0.1, 0.15) is 291 Å². The minimum atomic E-state index is -4.83. The largest absolute Gasteiger partial charge is 1.00 e. The van der Waals surface area contributed by atoms with Gasteiger partial charge in [-0.15, -0.1) is 0 Å². The minimum Gasteiger partial charge on any atom is -0.744 e. The van der Waals surface area contributed by atoms with Crippen molar-refractivity contribution in [1.29, 1.82) is 0 Å². The van der Waals surface area contributed by atoms with Crippen molar-refractivity contribution < 1.29 is 61.6 Å². The summed E-state index contributed by atoms with van der Waals surface area (Å²) in [4.78, 5) is 25.4. The van der Waals surface area contributed by atoms with Crippen molar-refractivity contribution in [2.45, 2.75) is 276 Å². The molecule has 9 heteroatoms. The third-order valence-corrected chi connectivity index (χ3v) is 13.3. The van der Waals surface area contributed by atoms with Gasteiger partial charge in [0.1, 0.15) is 10.1 Å². The van der Waals surface area contributed by atoms with Crippen molar-refractivity contribution in [3.8, 4) is 0 Å². The van der Waals surface area contributed by atoms with Crippen molar-refractivity contribution in [2.75, 3.05) is 13.2 Å². The Kier molecular flexibility index (Phi) is 46.5. The summed E-state index contributed by atoms with van der Waals surface area (Å²) in [5.41, 5.74) is -0.343. The molecule has 0 aliphatic rings. The number of rotatable bonds is 47. The second kappa shape index (κ2) is 47.6. The summed E-state index contributed by atoms with van der Waals surface area (Å²) in [7, 11) is -4.83. The van der Waals surface area contributed by atoms with E-state index >= 15 is 0 Å². The zero-order valence-corrected chi connectivity index (χ0v) is 45.3.